The van der Waals surface area contributed by atoms with E-state index in [1.807, 2.05) is 30.3 Å². The van der Waals surface area contributed by atoms with Crippen LogP contribution < -0.4 is 25.4 Å². The normalized spacial score (nSPS) is 11.7. The van der Waals surface area contributed by atoms with Crippen molar-refractivity contribution in [2.45, 2.75) is 25.2 Å². The SMILES string of the molecule is C.COc1cc(O)cc(Nc2nc3ccccc3nc2NS(=O)(=O)c2cccc(NC(=O)CNCC(C)c3ccccc3)c2)c1. The predicted octanol–water partition coefficient (Wildman–Crippen LogP) is 5.86. The first-order valence-corrected chi connectivity index (χ1v) is 15.3. The van der Waals surface area contributed by atoms with E-state index in [-0.39, 0.29) is 48.1 Å². The van der Waals surface area contributed by atoms with Crippen LogP contribution in [0.4, 0.5) is 23.0 Å². The van der Waals surface area contributed by atoms with Crippen LogP contribution in [0, 0.1) is 0 Å². The lowest BCUT2D eigenvalue weighted by Crippen LogP contribution is -2.30. The number of hydrogen-bond donors (Lipinski definition) is 5. The van der Waals surface area contributed by atoms with Gasteiger partial charge in [-0.15, -0.1) is 0 Å². The number of amides is 1. The van der Waals surface area contributed by atoms with Crippen molar-refractivity contribution in [3.05, 3.63) is 103 Å². The number of rotatable bonds is 12. The van der Waals surface area contributed by atoms with Crippen molar-refractivity contribution in [3.8, 4) is 11.5 Å². The number of anilines is 4. The molecule has 4 aromatic carbocycles. The first kappa shape index (κ1) is 32.7. The fraction of sp³-hybridized carbons (Fsp3) is 0.182. The van der Waals surface area contributed by atoms with Gasteiger partial charge in [-0.1, -0.05) is 62.9 Å². The van der Waals surface area contributed by atoms with Gasteiger partial charge in [0.05, 0.1) is 29.6 Å². The number of sulfonamides is 1. The van der Waals surface area contributed by atoms with Gasteiger partial charge in [0.15, 0.2) is 11.6 Å². The summed E-state index contributed by atoms with van der Waals surface area (Å²) in [6.07, 6.45) is 0. The third-order valence-corrected chi connectivity index (χ3v) is 8.06. The summed E-state index contributed by atoms with van der Waals surface area (Å²) in [5.41, 5.74) is 2.90. The molecule has 0 saturated carbocycles. The zero-order valence-corrected chi connectivity index (χ0v) is 24.9. The second kappa shape index (κ2) is 14.5. The van der Waals surface area contributed by atoms with Crippen LogP contribution in [0.25, 0.3) is 11.0 Å². The fourth-order valence-electron chi connectivity index (χ4n) is 4.50. The third-order valence-electron chi connectivity index (χ3n) is 6.72. The summed E-state index contributed by atoms with van der Waals surface area (Å²) in [4.78, 5) is 21.6. The van der Waals surface area contributed by atoms with Gasteiger partial charge >= 0.3 is 0 Å². The van der Waals surface area contributed by atoms with Crippen LogP contribution in [0.2, 0.25) is 0 Å². The number of carbonyl (C=O) groups excluding carboxylic acids is 1. The second-order valence-electron chi connectivity index (χ2n) is 10.1. The molecule has 0 aliphatic carbocycles. The molecule has 0 saturated heterocycles. The molecule has 1 unspecified atom stereocenters. The van der Waals surface area contributed by atoms with Crippen molar-refractivity contribution >= 4 is 50.0 Å². The molecule has 45 heavy (non-hydrogen) atoms. The first-order chi connectivity index (χ1) is 21.2. The van der Waals surface area contributed by atoms with Crippen LogP contribution in [-0.2, 0) is 14.8 Å². The maximum atomic E-state index is 13.5. The summed E-state index contributed by atoms with van der Waals surface area (Å²) in [6.45, 7) is 2.74. The Kier molecular flexibility index (Phi) is 10.6. The zero-order chi connectivity index (χ0) is 31.1. The molecule has 5 aromatic rings. The maximum absolute atomic E-state index is 13.5. The number of fused-ring (bicyclic) bond motifs is 1. The lowest BCUT2D eigenvalue weighted by atomic mass is 10.0. The van der Waals surface area contributed by atoms with E-state index in [0.717, 1.165) is 0 Å². The Morgan fingerprint density at radius 3 is 2.27 bits per heavy atom. The Labute approximate surface area is 262 Å². The molecule has 1 aromatic heterocycles. The smallest absolute Gasteiger partial charge is 0.263 e. The Balaban J connectivity index is 0.00000461. The van der Waals surface area contributed by atoms with E-state index in [1.165, 1.54) is 36.9 Å². The van der Waals surface area contributed by atoms with Gasteiger partial charge in [0.25, 0.3) is 10.0 Å². The largest absolute Gasteiger partial charge is 0.508 e. The minimum absolute atomic E-state index is 0. The first-order valence-electron chi connectivity index (χ1n) is 13.8. The van der Waals surface area contributed by atoms with E-state index in [0.29, 0.717) is 34.7 Å². The number of carbonyl (C=O) groups is 1. The minimum Gasteiger partial charge on any atom is -0.508 e. The molecule has 0 bridgehead atoms. The molecule has 0 aliphatic heterocycles. The Morgan fingerprint density at radius 2 is 1.56 bits per heavy atom. The number of hydrogen-bond acceptors (Lipinski definition) is 9. The van der Waals surface area contributed by atoms with Gasteiger partial charge in [0.2, 0.25) is 5.91 Å². The summed E-state index contributed by atoms with van der Waals surface area (Å²) >= 11 is 0. The molecule has 5 rings (SSSR count). The number of nitrogens with one attached hydrogen (secondary N) is 4. The highest BCUT2D eigenvalue weighted by Gasteiger charge is 2.20. The number of phenols is 1. The van der Waals surface area contributed by atoms with Crippen molar-refractivity contribution in [1.29, 1.82) is 0 Å². The highest BCUT2D eigenvalue weighted by Crippen LogP contribution is 2.31. The number of benzene rings is 4. The zero-order valence-electron chi connectivity index (χ0n) is 24.1. The van der Waals surface area contributed by atoms with Crippen LogP contribution in [0.5, 0.6) is 11.5 Å². The molecule has 234 valence electrons. The lowest BCUT2D eigenvalue weighted by Gasteiger charge is -2.15. The van der Waals surface area contributed by atoms with E-state index in [2.05, 4.69) is 37.6 Å². The quantitative estimate of drug-likeness (QED) is 0.114. The molecule has 0 aliphatic rings. The van der Waals surface area contributed by atoms with Crippen LogP contribution >= 0.6 is 0 Å². The van der Waals surface area contributed by atoms with E-state index in [1.54, 1.807) is 42.5 Å². The van der Waals surface area contributed by atoms with Crippen molar-refractivity contribution in [2.24, 2.45) is 0 Å². The van der Waals surface area contributed by atoms with Crippen molar-refractivity contribution in [1.82, 2.24) is 15.3 Å². The Bertz CT molecular complexity index is 1890. The number of ether oxygens (including phenoxy) is 1. The number of phenolic OH excluding ortho intramolecular Hbond substituents is 1. The van der Waals surface area contributed by atoms with E-state index in [9.17, 15) is 18.3 Å². The third kappa shape index (κ3) is 8.46. The topological polar surface area (TPSA) is 155 Å². The maximum Gasteiger partial charge on any atom is 0.263 e. The van der Waals surface area contributed by atoms with Crippen molar-refractivity contribution in [3.63, 3.8) is 0 Å². The summed E-state index contributed by atoms with van der Waals surface area (Å²) in [5.74, 6) is 0.306. The van der Waals surface area contributed by atoms with Crippen molar-refractivity contribution < 1.29 is 23.1 Å². The number of methoxy groups -OCH3 is 1. The van der Waals surface area contributed by atoms with Gasteiger partial charge in [-0.05, 0) is 41.8 Å². The number of aromatic hydroxyl groups is 1. The average molecular weight is 629 g/mol. The molecule has 5 N–H and O–H groups in total. The highest BCUT2D eigenvalue weighted by molar-refractivity contribution is 7.92. The van der Waals surface area contributed by atoms with Crippen LogP contribution in [0.1, 0.15) is 25.8 Å². The molecule has 1 amide bonds. The number of nitrogens with zero attached hydrogens (tertiary/aromatic N) is 2. The van der Waals surface area contributed by atoms with Gasteiger partial charge < -0.3 is 25.8 Å². The Hall–Kier alpha value is -5.20. The molecular weight excluding hydrogens is 592 g/mol. The standard InChI is InChI=1S/C32H32N6O5S.CH4/c1-21(22-9-4-3-5-10-22)19-33-20-30(40)34-23-11-8-12-27(17-23)44(41,42)38-32-31(36-28-13-6-7-14-29(28)37-32)35-24-15-25(39)18-26(16-24)43-2;/h3-18,21,33,39H,19-20H2,1-2H3,(H,34,40)(H,35,36)(H,37,38);1H4. The summed E-state index contributed by atoms with van der Waals surface area (Å²) in [6, 6.07) is 27.5. The summed E-state index contributed by atoms with van der Waals surface area (Å²) in [7, 11) is -2.70. The van der Waals surface area contributed by atoms with Crippen molar-refractivity contribution in [2.75, 3.05) is 35.6 Å². The summed E-state index contributed by atoms with van der Waals surface area (Å²) in [5, 5.41) is 19.0. The van der Waals surface area contributed by atoms with Gasteiger partial charge in [-0.2, -0.15) is 0 Å². The average Bonchev–Trinajstić information content (AvgIpc) is 3.01. The molecule has 12 heteroatoms. The van der Waals surface area contributed by atoms with E-state index >= 15 is 0 Å². The number of para-hydroxylation sites is 2. The minimum atomic E-state index is -4.17. The van der Waals surface area contributed by atoms with Crippen LogP contribution in [0.15, 0.2) is 102 Å². The second-order valence-corrected chi connectivity index (χ2v) is 11.8. The van der Waals surface area contributed by atoms with Gasteiger partial charge in [-0.3, -0.25) is 9.52 Å². The van der Waals surface area contributed by atoms with Gasteiger partial charge in [0.1, 0.15) is 11.5 Å². The van der Waals surface area contributed by atoms with Gasteiger partial charge in [-0.25, -0.2) is 18.4 Å². The molecule has 0 fully saturated rings. The lowest BCUT2D eigenvalue weighted by molar-refractivity contribution is -0.115. The van der Waals surface area contributed by atoms with Crippen LogP contribution in [0.3, 0.4) is 0 Å². The van der Waals surface area contributed by atoms with E-state index < -0.39 is 10.0 Å². The molecule has 1 heterocycles. The molecule has 11 nitrogen and oxygen atoms in total. The fourth-order valence-corrected chi connectivity index (χ4v) is 5.56. The summed E-state index contributed by atoms with van der Waals surface area (Å²) < 4.78 is 34.8. The predicted molar refractivity (Wildman–Crippen MR) is 178 cm³/mol. The monoisotopic (exact) mass is 628 g/mol. The molecule has 0 spiro atoms. The molecule has 1 atom stereocenters. The van der Waals surface area contributed by atoms with Gasteiger partial charge in [0, 0.05) is 36.1 Å². The van der Waals surface area contributed by atoms with Crippen LogP contribution in [-0.4, -0.2) is 49.6 Å². The van der Waals surface area contributed by atoms with E-state index in [4.69, 9.17) is 4.74 Å². The molecular formula is C33H36N6O5S. The highest BCUT2D eigenvalue weighted by atomic mass is 32.2. The molecule has 0 radical (unpaired) electrons. The number of aromatic nitrogens is 2. The Morgan fingerprint density at radius 1 is 0.867 bits per heavy atom.